The Kier molecular flexibility index (Phi) is 6.37. The van der Waals surface area contributed by atoms with Crippen LogP contribution in [0.2, 0.25) is 0 Å². The largest absolute Gasteiger partial charge is 0.357 e. The van der Waals surface area contributed by atoms with E-state index in [1.165, 1.54) is 17.7 Å². The number of benzene rings is 1. The van der Waals surface area contributed by atoms with Crippen molar-refractivity contribution < 1.29 is 9.59 Å². The number of hydrogen-bond acceptors (Lipinski definition) is 4. The van der Waals surface area contributed by atoms with Crippen LogP contribution in [0.4, 0.5) is 0 Å². The standard InChI is InChI=1S/C23H33N5O2/c1-3-24-23(26-17-14-16(2)28(15-17)18-10-11-18)25-12-6-7-13-27-21(29)19-8-4-5-9-20(19)22(27)30/h4-5,8-9,16-18H,3,6-7,10-15H2,1-2H3,(H2,24,25,26). The number of likely N-dealkylation sites (tertiary alicyclic amines) is 1. The number of aliphatic imine (C=N–C) groups is 1. The molecule has 0 spiro atoms. The van der Waals surface area contributed by atoms with Crippen LogP contribution in [0.15, 0.2) is 29.3 Å². The number of amides is 2. The van der Waals surface area contributed by atoms with Gasteiger partial charge in [0.1, 0.15) is 0 Å². The van der Waals surface area contributed by atoms with Crippen molar-refractivity contribution in [2.24, 2.45) is 4.99 Å². The molecular formula is C23H33N5O2. The van der Waals surface area contributed by atoms with E-state index in [1.807, 2.05) is 0 Å². The van der Waals surface area contributed by atoms with Crippen LogP contribution in [0, 0.1) is 0 Å². The summed E-state index contributed by atoms with van der Waals surface area (Å²) in [6.07, 6.45) is 5.43. The number of fused-ring (bicyclic) bond motifs is 1. The van der Waals surface area contributed by atoms with Crippen molar-refractivity contribution >= 4 is 17.8 Å². The van der Waals surface area contributed by atoms with Gasteiger partial charge in [-0.1, -0.05) is 12.1 Å². The number of guanidine groups is 1. The Morgan fingerprint density at radius 2 is 1.83 bits per heavy atom. The molecule has 7 heteroatoms. The SMILES string of the molecule is CCNC(=NCCCCN1C(=O)c2ccccc2C1=O)NC1CC(C)N(C2CC2)C1. The van der Waals surface area contributed by atoms with Crippen LogP contribution >= 0.6 is 0 Å². The summed E-state index contributed by atoms with van der Waals surface area (Å²) in [5, 5.41) is 6.94. The van der Waals surface area contributed by atoms with E-state index < -0.39 is 0 Å². The van der Waals surface area contributed by atoms with Gasteiger partial charge in [-0.05, 0) is 58.1 Å². The Morgan fingerprint density at radius 3 is 2.47 bits per heavy atom. The Morgan fingerprint density at radius 1 is 1.13 bits per heavy atom. The summed E-state index contributed by atoms with van der Waals surface area (Å²) >= 11 is 0. The zero-order valence-corrected chi connectivity index (χ0v) is 18.1. The van der Waals surface area contributed by atoms with Gasteiger partial charge in [0.25, 0.3) is 11.8 Å². The zero-order chi connectivity index (χ0) is 21.1. The molecule has 2 unspecified atom stereocenters. The molecule has 1 aromatic rings. The molecule has 4 rings (SSSR count). The summed E-state index contributed by atoms with van der Waals surface area (Å²) in [6, 6.07) is 8.92. The predicted octanol–water partition coefficient (Wildman–Crippen LogP) is 2.24. The number of imide groups is 1. The second-order valence-corrected chi connectivity index (χ2v) is 8.63. The molecule has 7 nitrogen and oxygen atoms in total. The van der Waals surface area contributed by atoms with Crippen LogP contribution in [0.3, 0.4) is 0 Å². The molecule has 2 heterocycles. The number of rotatable bonds is 8. The average molecular weight is 412 g/mol. The van der Waals surface area contributed by atoms with E-state index in [0.717, 1.165) is 44.4 Å². The van der Waals surface area contributed by atoms with Crippen LogP contribution in [0.25, 0.3) is 0 Å². The summed E-state index contributed by atoms with van der Waals surface area (Å²) in [7, 11) is 0. The first-order valence-electron chi connectivity index (χ1n) is 11.3. The topological polar surface area (TPSA) is 77.0 Å². The molecular weight excluding hydrogens is 378 g/mol. The maximum Gasteiger partial charge on any atom is 0.261 e. The maximum atomic E-state index is 12.4. The molecule has 3 aliphatic rings. The summed E-state index contributed by atoms with van der Waals surface area (Å²) in [5.41, 5.74) is 1.04. The van der Waals surface area contributed by atoms with Gasteiger partial charge >= 0.3 is 0 Å². The Bertz CT molecular complexity index is 785. The maximum absolute atomic E-state index is 12.4. The highest BCUT2D eigenvalue weighted by molar-refractivity contribution is 6.21. The molecule has 1 aliphatic carbocycles. The summed E-state index contributed by atoms with van der Waals surface area (Å²) in [4.78, 5) is 33.5. The fourth-order valence-corrected chi connectivity index (χ4v) is 4.60. The summed E-state index contributed by atoms with van der Waals surface area (Å²) in [6.45, 7) is 7.44. The molecule has 2 aliphatic heterocycles. The first-order chi connectivity index (χ1) is 14.6. The minimum Gasteiger partial charge on any atom is -0.357 e. The van der Waals surface area contributed by atoms with Crippen molar-refractivity contribution in [3.05, 3.63) is 35.4 Å². The van der Waals surface area contributed by atoms with Gasteiger partial charge in [0, 0.05) is 44.3 Å². The van der Waals surface area contributed by atoms with Gasteiger partial charge in [0.15, 0.2) is 5.96 Å². The minimum atomic E-state index is -0.176. The number of carbonyl (C=O) groups excluding carboxylic acids is 2. The van der Waals surface area contributed by atoms with E-state index in [2.05, 4.69) is 29.4 Å². The smallest absolute Gasteiger partial charge is 0.261 e. The number of nitrogens with zero attached hydrogens (tertiary/aromatic N) is 3. The third-order valence-electron chi connectivity index (χ3n) is 6.26. The average Bonchev–Trinajstić information content (AvgIpc) is 3.48. The van der Waals surface area contributed by atoms with Crippen molar-refractivity contribution in [3.8, 4) is 0 Å². The van der Waals surface area contributed by atoms with E-state index in [9.17, 15) is 9.59 Å². The quantitative estimate of drug-likeness (QED) is 0.297. The molecule has 2 amide bonds. The van der Waals surface area contributed by atoms with Crippen molar-refractivity contribution in [2.75, 3.05) is 26.2 Å². The van der Waals surface area contributed by atoms with Gasteiger partial charge < -0.3 is 10.6 Å². The summed E-state index contributed by atoms with van der Waals surface area (Å²) < 4.78 is 0. The summed E-state index contributed by atoms with van der Waals surface area (Å²) in [5.74, 6) is 0.516. The highest BCUT2D eigenvalue weighted by Crippen LogP contribution is 2.33. The highest BCUT2D eigenvalue weighted by Gasteiger charge is 2.39. The fraction of sp³-hybridized carbons (Fsp3) is 0.609. The van der Waals surface area contributed by atoms with E-state index in [4.69, 9.17) is 4.99 Å². The minimum absolute atomic E-state index is 0.176. The predicted molar refractivity (Wildman–Crippen MR) is 118 cm³/mol. The van der Waals surface area contributed by atoms with Gasteiger partial charge in [0.2, 0.25) is 0 Å². The molecule has 2 fully saturated rings. The van der Waals surface area contributed by atoms with Crippen LogP contribution < -0.4 is 10.6 Å². The molecule has 162 valence electrons. The van der Waals surface area contributed by atoms with Gasteiger partial charge in [0.05, 0.1) is 11.1 Å². The molecule has 0 radical (unpaired) electrons. The van der Waals surface area contributed by atoms with Crippen molar-refractivity contribution in [1.29, 1.82) is 0 Å². The Labute approximate surface area is 178 Å². The lowest BCUT2D eigenvalue weighted by atomic mass is 10.1. The fourth-order valence-electron chi connectivity index (χ4n) is 4.60. The van der Waals surface area contributed by atoms with Gasteiger partial charge in [-0.15, -0.1) is 0 Å². The highest BCUT2D eigenvalue weighted by atomic mass is 16.2. The number of carbonyl (C=O) groups is 2. The van der Waals surface area contributed by atoms with Gasteiger partial charge in [-0.3, -0.25) is 24.4 Å². The van der Waals surface area contributed by atoms with Crippen LogP contribution in [-0.2, 0) is 0 Å². The van der Waals surface area contributed by atoms with Crippen molar-refractivity contribution in [2.45, 2.75) is 64.1 Å². The second-order valence-electron chi connectivity index (χ2n) is 8.63. The molecule has 0 aromatic heterocycles. The molecule has 1 saturated heterocycles. The molecule has 30 heavy (non-hydrogen) atoms. The van der Waals surface area contributed by atoms with E-state index >= 15 is 0 Å². The Hall–Kier alpha value is -2.41. The van der Waals surface area contributed by atoms with Crippen LogP contribution in [0.1, 0.15) is 66.7 Å². The first kappa shape index (κ1) is 20.8. The van der Waals surface area contributed by atoms with Gasteiger partial charge in [-0.25, -0.2) is 0 Å². The number of nitrogens with one attached hydrogen (secondary N) is 2. The van der Waals surface area contributed by atoms with E-state index in [1.54, 1.807) is 24.3 Å². The van der Waals surface area contributed by atoms with Gasteiger partial charge in [-0.2, -0.15) is 0 Å². The van der Waals surface area contributed by atoms with Crippen LogP contribution in [-0.4, -0.2) is 71.9 Å². The number of unbranched alkanes of at least 4 members (excludes halogenated alkanes) is 1. The second kappa shape index (κ2) is 9.16. The van der Waals surface area contributed by atoms with E-state index in [0.29, 0.717) is 36.3 Å². The monoisotopic (exact) mass is 411 g/mol. The molecule has 1 aromatic carbocycles. The van der Waals surface area contributed by atoms with Crippen LogP contribution in [0.5, 0.6) is 0 Å². The molecule has 2 atom stereocenters. The third-order valence-corrected chi connectivity index (χ3v) is 6.26. The van der Waals surface area contributed by atoms with Crippen molar-refractivity contribution in [1.82, 2.24) is 20.4 Å². The lowest BCUT2D eigenvalue weighted by molar-refractivity contribution is 0.0652. The lowest BCUT2D eigenvalue weighted by Gasteiger charge is -2.20. The lowest BCUT2D eigenvalue weighted by Crippen LogP contribution is -2.44. The first-order valence-corrected chi connectivity index (χ1v) is 11.3. The third kappa shape index (κ3) is 4.51. The molecule has 1 saturated carbocycles. The molecule has 0 bridgehead atoms. The normalized spacial score (nSPS) is 24.5. The zero-order valence-electron chi connectivity index (χ0n) is 18.1. The molecule has 2 N–H and O–H groups in total. The van der Waals surface area contributed by atoms with E-state index in [-0.39, 0.29) is 11.8 Å². The van der Waals surface area contributed by atoms with Crippen molar-refractivity contribution in [3.63, 3.8) is 0 Å². The number of hydrogen-bond donors (Lipinski definition) is 2. The Balaban J connectivity index is 1.23.